The first-order valence-electron chi connectivity index (χ1n) is 9.32. The van der Waals surface area contributed by atoms with Gasteiger partial charge in [0.15, 0.2) is 0 Å². The van der Waals surface area contributed by atoms with Gasteiger partial charge in [0.25, 0.3) is 0 Å². The average molecular weight is 352 g/mol. The number of carboxylic acid groups (broad SMARTS) is 2. The lowest BCUT2D eigenvalue weighted by Crippen LogP contribution is -2.55. The second-order valence-corrected chi connectivity index (χ2v) is 9.20. The molecule has 4 aliphatic rings. The van der Waals surface area contributed by atoms with Crippen LogP contribution in [0.15, 0.2) is 18.2 Å². The first kappa shape index (κ1) is 17.1. The van der Waals surface area contributed by atoms with Crippen molar-refractivity contribution in [3.8, 4) is 11.8 Å². The van der Waals surface area contributed by atoms with Gasteiger partial charge in [0.05, 0.1) is 11.1 Å². The van der Waals surface area contributed by atoms with Gasteiger partial charge in [-0.2, -0.15) is 0 Å². The summed E-state index contributed by atoms with van der Waals surface area (Å²) in [5, 5.41) is 18.5. The minimum atomic E-state index is -1.13. The van der Waals surface area contributed by atoms with Crippen molar-refractivity contribution in [2.45, 2.75) is 46.0 Å². The van der Waals surface area contributed by atoms with Crippen LogP contribution in [-0.4, -0.2) is 22.2 Å². The lowest BCUT2D eigenvalue weighted by atomic mass is 9.41. The number of carbonyl (C=O) groups is 2. The SMILES string of the molecule is CC12CC3CC(C1)CC(C)(C3)C2C#Cc1cc(C(=O)O)cc(C(=O)O)c1. The molecule has 4 aliphatic carbocycles. The van der Waals surface area contributed by atoms with E-state index in [1.165, 1.54) is 50.3 Å². The largest absolute Gasteiger partial charge is 0.478 e. The summed E-state index contributed by atoms with van der Waals surface area (Å²) in [7, 11) is 0. The molecule has 0 spiro atoms. The van der Waals surface area contributed by atoms with Gasteiger partial charge in [0.2, 0.25) is 0 Å². The van der Waals surface area contributed by atoms with E-state index in [4.69, 9.17) is 0 Å². The normalized spacial score (nSPS) is 37.1. The van der Waals surface area contributed by atoms with Crippen molar-refractivity contribution in [3.63, 3.8) is 0 Å². The van der Waals surface area contributed by atoms with Crippen molar-refractivity contribution < 1.29 is 19.8 Å². The van der Waals surface area contributed by atoms with E-state index in [2.05, 4.69) is 25.7 Å². The van der Waals surface area contributed by atoms with Crippen molar-refractivity contribution in [1.82, 2.24) is 0 Å². The second-order valence-electron chi connectivity index (χ2n) is 9.20. The molecule has 0 aromatic heterocycles. The Hall–Kier alpha value is -2.28. The number of carboxylic acids is 2. The Morgan fingerprint density at radius 2 is 1.38 bits per heavy atom. The Kier molecular flexibility index (Phi) is 3.70. The predicted octanol–water partition coefficient (Wildman–Crippen LogP) is 4.29. The molecule has 5 rings (SSSR count). The summed E-state index contributed by atoms with van der Waals surface area (Å²) in [5.74, 6) is 6.26. The molecule has 0 radical (unpaired) electrons. The van der Waals surface area contributed by atoms with Gasteiger partial charge in [0.1, 0.15) is 0 Å². The highest BCUT2D eigenvalue weighted by Crippen LogP contribution is 2.67. The summed E-state index contributed by atoms with van der Waals surface area (Å²) in [4.78, 5) is 22.6. The Bertz CT molecular complexity index is 788. The van der Waals surface area contributed by atoms with Crippen LogP contribution in [0.5, 0.6) is 0 Å². The van der Waals surface area contributed by atoms with E-state index < -0.39 is 11.9 Å². The summed E-state index contributed by atoms with van der Waals surface area (Å²) >= 11 is 0. The molecule has 4 nitrogen and oxygen atoms in total. The van der Waals surface area contributed by atoms with Crippen LogP contribution < -0.4 is 0 Å². The van der Waals surface area contributed by atoms with Crippen LogP contribution in [-0.2, 0) is 0 Å². The first-order chi connectivity index (χ1) is 12.2. The molecule has 0 saturated heterocycles. The first-order valence-corrected chi connectivity index (χ1v) is 9.32. The van der Waals surface area contributed by atoms with Gasteiger partial charge in [-0.05, 0) is 73.0 Å². The number of aromatic carboxylic acids is 2. The molecule has 4 saturated carbocycles. The van der Waals surface area contributed by atoms with Crippen molar-refractivity contribution >= 4 is 11.9 Å². The number of hydrogen-bond acceptors (Lipinski definition) is 2. The minimum absolute atomic E-state index is 0.0308. The van der Waals surface area contributed by atoms with Crippen molar-refractivity contribution in [1.29, 1.82) is 0 Å². The Balaban J connectivity index is 1.71. The lowest BCUT2D eigenvalue weighted by molar-refractivity contribution is -0.127. The van der Waals surface area contributed by atoms with E-state index in [0.717, 1.165) is 11.8 Å². The van der Waals surface area contributed by atoms with Crippen molar-refractivity contribution in [2.24, 2.45) is 28.6 Å². The summed E-state index contributed by atoms with van der Waals surface area (Å²) in [5.41, 5.74) is 0.870. The molecule has 26 heavy (non-hydrogen) atoms. The van der Waals surface area contributed by atoms with Crippen LogP contribution in [0.1, 0.15) is 72.2 Å². The maximum Gasteiger partial charge on any atom is 0.335 e. The van der Waals surface area contributed by atoms with E-state index in [9.17, 15) is 19.8 Å². The van der Waals surface area contributed by atoms with Gasteiger partial charge in [-0.15, -0.1) is 0 Å². The van der Waals surface area contributed by atoms with Gasteiger partial charge < -0.3 is 10.2 Å². The zero-order valence-electron chi connectivity index (χ0n) is 15.2. The third kappa shape index (κ3) is 2.70. The molecule has 0 unspecified atom stereocenters. The van der Waals surface area contributed by atoms with Gasteiger partial charge in [-0.1, -0.05) is 25.7 Å². The van der Waals surface area contributed by atoms with Crippen LogP contribution in [0.4, 0.5) is 0 Å². The van der Waals surface area contributed by atoms with E-state index in [1.54, 1.807) is 0 Å². The summed E-state index contributed by atoms with van der Waals surface area (Å²) in [6.07, 6.45) is 6.29. The highest BCUT2D eigenvalue weighted by Gasteiger charge is 2.59. The van der Waals surface area contributed by atoms with E-state index in [1.807, 2.05) is 0 Å². The summed E-state index contributed by atoms with van der Waals surface area (Å²) < 4.78 is 0. The minimum Gasteiger partial charge on any atom is -0.478 e. The quantitative estimate of drug-likeness (QED) is 0.779. The average Bonchev–Trinajstić information content (AvgIpc) is 2.51. The fraction of sp³-hybridized carbons (Fsp3) is 0.545. The highest BCUT2D eigenvalue weighted by atomic mass is 16.4. The van der Waals surface area contributed by atoms with Gasteiger partial charge in [0, 0.05) is 11.5 Å². The van der Waals surface area contributed by atoms with E-state index in [0.29, 0.717) is 5.56 Å². The molecule has 4 fully saturated rings. The molecule has 1 aromatic rings. The van der Waals surface area contributed by atoms with Crippen LogP contribution in [0.3, 0.4) is 0 Å². The van der Waals surface area contributed by atoms with Crippen molar-refractivity contribution in [3.05, 3.63) is 34.9 Å². The molecule has 0 heterocycles. The monoisotopic (exact) mass is 352 g/mol. The van der Waals surface area contributed by atoms with Crippen LogP contribution >= 0.6 is 0 Å². The standard InChI is InChI=1S/C22H24O4/c1-21-9-14-5-15(10-21)12-22(2,11-14)18(21)4-3-13-6-16(19(23)24)8-17(7-13)20(25)26/h6-8,14-15,18H,5,9-12H2,1-2H3,(H,23,24)(H,25,26). The van der Waals surface area contributed by atoms with Crippen LogP contribution in [0.2, 0.25) is 0 Å². The van der Waals surface area contributed by atoms with Gasteiger partial charge in [-0.25, -0.2) is 9.59 Å². The smallest absolute Gasteiger partial charge is 0.335 e. The molecular weight excluding hydrogens is 328 g/mol. The maximum atomic E-state index is 11.3. The molecule has 0 amide bonds. The maximum absolute atomic E-state index is 11.3. The Morgan fingerprint density at radius 1 is 0.923 bits per heavy atom. The van der Waals surface area contributed by atoms with Gasteiger partial charge in [-0.3, -0.25) is 0 Å². The Labute approximate surface area is 153 Å². The zero-order chi connectivity index (χ0) is 18.7. The molecule has 136 valence electrons. The van der Waals surface area contributed by atoms with Crippen LogP contribution in [0.25, 0.3) is 0 Å². The zero-order valence-corrected chi connectivity index (χ0v) is 15.2. The number of benzene rings is 1. The molecule has 0 atom stereocenters. The predicted molar refractivity (Wildman–Crippen MR) is 97.0 cm³/mol. The molecule has 0 aliphatic heterocycles. The molecule has 1 aromatic carbocycles. The Morgan fingerprint density at radius 3 is 1.81 bits per heavy atom. The number of hydrogen-bond donors (Lipinski definition) is 2. The van der Waals surface area contributed by atoms with Crippen molar-refractivity contribution in [2.75, 3.05) is 0 Å². The molecular formula is C22H24O4. The fourth-order valence-corrected chi connectivity index (χ4v) is 6.52. The van der Waals surface area contributed by atoms with Gasteiger partial charge >= 0.3 is 11.9 Å². The molecule has 4 heteroatoms. The topological polar surface area (TPSA) is 74.6 Å². The number of rotatable bonds is 2. The van der Waals surface area contributed by atoms with E-state index >= 15 is 0 Å². The van der Waals surface area contributed by atoms with E-state index in [-0.39, 0.29) is 27.9 Å². The highest BCUT2D eigenvalue weighted by molar-refractivity contribution is 5.94. The second kappa shape index (κ2) is 5.61. The lowest BCUT2D eigenvalue weighted by Gasteiger charge is -2.63. The summed E-state index contributed by atoms with van der Waals surface area (Å²) in [6, 6.07) is 4.13. The molecule has 2 N–H and O–H groups in total. The third-order valence-electron chi connectivity index (χ3n) is 6.87. The third-order valence-corrected chi connectivity index (χ3v) is 6.87. The summed E-state index contributed by atoms with van der Waals surface area (Å²) in [6.45, 7) is 4.72. The fourth-order valence-electron chi connectivity index (χ4n) is 6.52. The van der Waals surface area contributed by atoms with Crippen LogP contribution in [0, 0.1) is 40.4 Å². The molecule has 4 bridgehead atoms.